The molecule has 1 aromatic rings. The van der Waals surface area contributed by atoms with E-state index in [4.69, 9.17) is 4.74 Å². The summed E-state index contributed by atoms with van der Waals surface area (Å²) in [6.45, 7) is 3.79. The van der Waals surface area contributed by atoms with Gasteiger partial charge in [0, 0.05) is 30.6 Å². The first-order chi connectivity index (χ1) is 12.4. The van der Waals surface area contributed by atoms with E-state index in [-0.39, 0.29) is 11.8 Å². The Kier molecular flexibility index (Phi) is 6.29. The van der Waals surface area contributed by atoms with Crippen LogP contribution in [0.4, 0.5) is 13.2 Å². The van der Waals surface area contributed by atoms with E-state index in [2.05, 4.69) is 9.88 Å². The fraction of sp³-hybridized carbons (Fsp3) is 0.684. The van der Waals surface area contributed by atoms with Crippen LogP contribution in [0.2, 0.25) is 0 Å². The van der Waals surface area contributed by atoms with Crippen molar-refractivity contribution < 1.29 is 22.7 Å². The lowest BCUT2D eigenvalue weighted by Gasteiger charge is -2.31. The molecule has 1 unspecified atom stereocenters. The van der Waals surface area contributed by atoms with Gasteiger partial charge < -0.3 is 9.64 Å². The van der Waals surface area contributed by atoms with Crippen molar-refractivity contribution in [3.63, 3.8) is 0 Å². The minimum absolute atomic E-state index is 0.0748. The van der Waals surface area contributed by atoms with E-state index < -0.39 is 11.9 Å². The molecule has 0 bridgehead atoms. The number of piperidine rings is 1. The van der Waals surface area contributed by atoms with Crippen LogP contribution >= 0.6 is 0 Å². The Morgan fingerprint density at radius 3 is 2.65 bits per heavy atom. The van der Waals surface area contributed by atoms with Crippen LogP contribution in [0, 0.1) is 5.92 Å². The van der Waals surface area contributed by atoms with Crippen LogP contribution in [0.25, 0.3) is 0 Å². The van der Waals surface area contributed by atoms with E-state index in [1.165, 1.54) is 6.07 Å². The summed E-state index contributed by atoms with van der Waals surface area (Å²) in [5.74, 6) is 0.448. The molecule has 3 rings (SSSR count). The van der Waals surface area contributed by atoms with E-state index >= 15 is 0 Å². The Balaban J connectivity index is 1.42. The predicted octanol–water partition coefficient (Wildman–Crippen LogP) is 3.67. The van der Waals surface area contributed by atoms with Crippen molar-refractivity contribution >= 4 is 5.78 Å². The third kappa shape index (κ3) is 5.04. The molecule has 26 heavy (non-hydrogen) atoms. The summed E-state index contributed by atoms with van der Waals surface area (Å²) >= 11 is 0. The van der Waals surface area contributed by atoms with Crippen molar-refractivity contribution in [3.8, 4) is 0 Å². The highest BCUT2D eigenvalue weighted by atomic mass is 19.4. The lowest BCUT2D eigenvalue weighted by Crippen LogP contribution is -2.34. The number of carbonyl (C=O) groups is 1. The van der Waals surface area contributed by atoms with Crippen LogP contribution in [-0.2, 0) is 15.7 Å². The lowest BCUT2D eigenvalue weighted by molar-refractivity contribution is -0.141. The van der Waals surface area contributed by atoms with Gasteiger partial charge in [-0.3, -0.25) is 4.79 Å². The molecule has 0 saturated carbocycles. The Morgan fingerprint density at radius 2 is 2.00 bits per heavy atom. The van der Waals surface area contributed by atoms with Gasteiger partial charge >= 0.3 is 6.18 Å². The molecule has 3 heterocycles. The molecule has 2 fully saturated rings. The smallest absolute Gasteiger partial charge is 0.381 e. The molecule has 7 heteroatoms. The number of likely N-dealkylation sites (tertiary alicyclic amines) is 1. The van der Waals surface area contributed by atoms with E-state index in [1.807, 2.05) is 0 Å². The van der Waals surface area contributed by atoms with Crippen molar-refractivity contribution in [1.82, 2.24) is 9.88 Å². The molecule has 1 aromatic heterocycles. The van der Waals surface area contributed by atoms with E-state index in [1.54, 1.807) is 6.07 Å². The van der Waals surface area contributed by atoms with Crippen LogP contribution < -0.4 is 0 Å². The number of aromatic nitrogens is 1. The van der Waals surface area contributed by atoms with E-state index in [9.17, 15) is 18.0 Å². The number of halogens is 3. The van der Waals surface area contributed by atoms with Crippen LogP contribution in [0.15, 0.2) is 18.2 Å². The second-order valence-corrected chi connectivity index (χ2v) is 7.19. The summed E-state index contributed by atoms with van der Waals surface area (Å²) in [6, 6.07) is 4.15. The van der Waals surface area contributed by atoms with Gasteiger partial charge in [0.25, 0.3) is 0 Å². The molecule has 0 spiro atoms. The number of carbonyl (C=O) groups excluding carboxylic acids is 1. The molecule has 0 amide bonds. The third-order valence-electron chi connectivity index (χ3n) is 5.35. The summed E-state index contributed by atoms with van der Waals surface area (Å²) in [5, 5.41) is 0. The average molecular weight is 370 g/mol. The maximum absolute atomic E-state index is 12.8. The Morgan fingerprint density at radius 1 is 1.23 bits per heavy atom. The van der Waals surface area contributed by atoms with Crippen molar-refractivity contribution in [2.45, 2.75) is 44.2 Å². The standard InChI is InChI=1S/C19H25F3N2O2/c20-19(21,22)18-5-1-3-16(23-18)14-6-10-24(11-7-14)9-2-4-17(25)15-8-12-26-13-15/h1,3,5,14-15H,2,4,6-13H2. The molecular formula is C19H25F3N2O2. The maximum atomic E-state index is 12.8. The normalized spacial score (nSPS) is 22.7. The minimum Gasteiger partial charge on any atom is -0.381 e. The molecule has 2 saturated heterocycles. The summed E-state index contributed by atoms with van der Waals surface area (Å²) < 4.78 is 43.7. The van der Waals surface area contributed by atoms with Gasteiger partial charge in [0.2, 0.25) is 0 Å². The van der Waals surface area contributed by atoms with E-state index in [0.29, 0.717) is 31.1 Å². The zero-order valence-electron chi connectivity index (χ0n) is 14.8. The Labute approximate surface area is 151 Å². The van der Waals surface area contributed by atoms with Gasteiger partial charge in [-0.15, -0.1) is 0 Å². The molecule has 4 nitrogen and oxygen atoms in total. The predicted molar refractivity (Wildman–Crippen MR) is 90.8 cm³/mol. The summed E-state index contributed by atoms with van der Waals surface area (Å²) in [7, 11) is 0. The second kappa shape index (κ2) is 8.48. The fourth-order valence-electron chi connectivity index (χ4n) is 3.76. The summed E-state index contributed by atoms with van der Waals surface area (Å²) in [4.78, 5) is 18.2. The van der Waals surface area contributed by atoms with Crippen molar-refractivity contribution in [2.24, 2.45) is 5.92 Å². The van der Waals surface area contributed by atoms with Gasteiger partial charge in [-0.05, 0) is 57.5 Å². The zero-order chi connectivity index (χ0) is 18.6. The monoisotopic (exact) mass is 370 g/mol. The number of nitrogens with zero attached hydrogens (tertiary/aromatic N) is 2. The number of ether oxygens (including phenoxy) is 1. The molecule has 0 radical (unpaired) electrons. The number of hydrogen-bond acceptors (Lipinski definition) is 4. The van der Waals surface area contributed by atoms with Gasteiger partial charge in [0.1, 0.15) is 11.5 Å². The van der Waals surface area contributed by atoms with Gasteiger partial charge in [-0.2, -0.15) is 13.2 Å². The fourth-order valence-corrected chi connectivity index (χ4v) is 3.76. The Hall–Kier alpha value is -1.47. The first kappa shape index (κ1) is 19.3. The number of alkyl halides is 3. The van der Waals surface area contributed by atoms with Crippen LogP contribution in [0.3, 0.4) is 0 Å². The highest BCUT2D eigenvalue weighted by Crippen LogP contribution is 2.31. The maximum Gasteiger partial charge on any atom is 0.433 e. The van der Waals surface area contributed by atoms with Gasteiger partial charge in [-0.25, -0.2) is 4.98 Å². The number of ketones is 1. The van der Waals surface area contributed by atoms with E-state index in [0.717, 1.165) is 51.4 Å². The topological polar surface area (TPSA) is 42.4 Å². The largest absolute Gasteiger partial charge is 0.433 e. The SMILES string of the molecule is O=C(CCCN1CCC(c2cccc(C(F)(F)F)n2)CC1)C1CCOC1. The highest BCUT2D eigenvalue weighted by Gasteiger charge is 2.33. The molecule has 144 valence electrons. The van der Waals surface area contributed by atoms with Gasteiger partial charge in [0.05, 0.1) is 6.61 Å². The Bertz CT molecular complexity index is 607. The summed E-state index contributed by atoms with van der Waals surface area (Å²) in [6.07, 6.45) is -0.524. The van der Waals surface area contributed by atoms with Crippen molar-refractivity contribution in [1.29, 1.82) is 0 Å². The van der Waals surface area contributed by atoms with Crippen LogP contribution in [0.5, 0.6) is 0 Å². The van der Waals surface area contributed by atoms with Gasteiger partial charge in [0.15, 0.2) is 0 Å². The lowest BCUT2D eigenvalue weighted by atomic mass is 9.92. The molecule has 2 aliphatic heterocycles. The average Bonchev–Trinajstić information content (AvgIpc) is 3.16. The summed E-state index contributed by atoms with van der Waals surface area (Å²) in [5.41, 5.74) is -0.275. The minimum atomic E-state index is -4.40. The first-order valence-corrected chi connectivity index (χ1v) is 9.30. The van der Waals surface area contributed by atoms with Crippen LogP contribution in [-0.4, -0.2) is 48.5 Å². The molecule has 0 aromatic carbocycles. The number of pyridine rings is 1. The first-order valence-electron chi connectivity index (χ1n) is 9.30. The second-order valence-electron chi connectivity index (χ2n) is 7.19. The zero-order valence-corrected chi connectivity index (χ0v) is 14.8. The third-order valence-corrected chi connectivity index (χ3v) is 5.35. The van der Waals surface area contributed by atoms with Crippen LogP contribution in [0.1, 0.15) is 49.4 Å². The molecule has 1 atom stereocenters. The number of hydrogen-bond donors (Lipinski definition) is 0. The molecule has 2 aliphatic rings. The van der Waals surface area contributed by atoms with Gasteiger partial charge in [-0.1, -0.05) is 6.07 Å². The van der Waals surface area contributed by atoms with Crippen molar-refractivity contribution in [2.75, 3.05) is 32.8 Å². The number of Topliss-reactive ketones (excluding diaryl/α,β-unsaturated/α-hetero) is 1. The van der Waals surface area contributed by atoms with Crippen molar-refractivity contribution in [3.05, 3.63) is 29.6 Å². The molecule has 0 N–H and O–H groups in total. The molecular weight excluding hydrogens is 345 g/mol. The number of rotatable bonds is 6. The molecule has 0 aliphatic carbocycles. The highest BCUT2D eigenvalue weighted by molar-refractivity contribution is 5.81. The quantitative estimate of drug-likeness (QED) is 0.766.